The standard InChI is InChI=1S/C12H17BrN2O/c1-9-4-5-10(13)8-11(9)14-7-6-12(16)15(2)3/h4-5,8,14H,6-7H2,1-3H3. The molecular weight excluding hydrogens is 268 g/mol. The average Bonchev–Trinajstić information content (AvgIpc) is 2.22. The van der Waals surface area contributed by atoms with E-state index in [-0.39, 0.29) is 5.91 Å². The highest BCUT2D eigenvalue weighted by atomic mass is 79.9. The first-order chi connectivity index (χ1) is 7.50. The van der Waals surface area contributed by atoms with Gasteiger partial charge in [0.2, 0.25) is 5.91 Å². The Morgan fingerprint density at radius 3 is 2.75 bits per heavy atom. The molecule has 0 aliphatic heterocycles. The molecule has 0 spiro atoms. The van der Waals surface area contributed by atoms with Crippen molar-refractivity contribution in [3.05, 3.63) is 28.2 Å². The Kier molecular flexibility index (Phi) is 4.80. The summed E-state index contributed by atoms with van der Waals surface area (Å²) in [6.07, 6.45) is 0.513. The first-order valence-corrected chi connectivity index (χ1v) is 6.00. The van der Waals surface area contributed by atoms with Gasteiger partial charge in [-0.1, -0.05) is 22.0 Å². The molecule has 4 heteroatoms. The highest BCUT2D eigenvalue weighted by Crippen LogP contribution is 2.20. The normalized spacial score (nSPS) is 10.0. The van der Waals surface area contributed by atoms with Crippen LogP contribution in [0.4, 0.5) is 5.69 Å². The summed E-state index contributed by atoms with van der Waals surface area (Å²) in [5.41, 5.74) is 2.25. The molecule has 1 rings (SSSR count). The molecule has 16 heavy (non-hydrogen) atoms. The van der Waals surface area contributed by atoms with Crippen LogP contribution in [0.15, 0.2) is 22.7 Å². The molecule has 0 saturated carbocycles. The van der Waals surface area contributed by atoms with Gasteiger partial charge in [-0.3, -0.25) is 4.79 Å². The van der Waals surface area contributed by atoms with Gasteiger partial charge in [0.05, 0.1) is 0 Å². The van der Waals surface area contributed by atoms with Crippen molar-refractivity contribution in [1.29, 1.82) is 0 Å². The number of carbonyl (C=O) groups excluding carboxylic acids is 1. The maximum absolute atomic E-state index is 11.4. The van der Waals surface area contributed by atoms with Crippen LogP contribution in [0.5, 0.6) is 0 Å². The van der Waals surface area contributed by atoms with Gasteiger partial charge in [0.15, 0.2) is 0 Å². The van der Waals surface area contributed by atoms with E-state index in [1.54, 1.807) is 19.0 Å². The van der Waals surface area contributed by atoms with Gasteiger partial charge in [0, 0.05) is 37.2 Å². The van der Waals surface area contributed by atoms with Crippen LogP contribution in [0.25, 0.3) is 0 Å². The van der Waals surface area contributed by atoms with E-state index in [9.17, 15) is 4.79 Å². The van der Waals surface area contributed by atoms with E-state index in [0.717, 1.165) is 10.2 Å². The van der Waals surface area contributed by atoms with E-state index in [2.05, 4.69) is 21.2 Å². The van der Waals surface area contributed by atoms with Gasteiger partial charge in [0.1, 0.15) is 0 Å². The lowest BCUT2D eigenvalue weighted by atomic mass is 10.2. The third-order valence-electron chi connectivity index (χ3n) is 2.35. The predicted octanol–water partition coefficient (Wildman–Crippen LogP) is 2.65. The van der Waals surface area contributed by atoms with E-state index in [0.29, 0.717) is 13.0 Å². The van der Waals surface area contributed by atoms with Crippen LogP contribution < -0.4 is 5.32 Å². The molecule has 0 heterocycles. The zero-order valence-corrected chi connectivity index (χ0v) is 11.5. The molecule has 3 nitrogen and oxygen atoms in total. The fourth-order valence-electron chi connectivity index (χ4n) is 1.31. The number of nitrogens with zero attached hydrogens (tertiary/aromatic N) is 1. The van der Waals surface area contributed by atoms with Crippen LogP contribution in [-0.2, 0) is 4.79 Å². The van der Waals surface area contributed by atoms with E-state index in [1.165, 1.54) is 5.56 Å². The number of nitrogens with one attached hydrogen (secondary N) is 1. The molecule has 0 fully saturated rings. The van der Waals surface area contributed by atoms with E-state index >= 15 is 0 Å². The zero-order valence-electron chi connectivity index (χ0n) is 9.88. The molecule has 1 amide bonds. The third-order valence-corrected chi connectivity index (χ3v) is 2.85. The van der Waals surface area contributed by atoms with Gasteiger partial charge >= 0.3 is 0 Å². The minimum absolute atomic E-state index is 0.139. The van der Waals surface area contributed by atoms with Gasteiger partial charge < -0.3 is 10.2 Å². The van der Waals surface area contributed by atoms with E-state index < -0.39 is 0 Å². The number of amides is 1. The Balaban J connectivity index is 2.49. The highest BCUT2D eigenvalue weighted by Gasteiger charge is 2.04. The molecule has 1 aromatic rings. The number of carbonyl (C=O) groups is 1. The number of rotatable bonds is 4. The van der Waals surface area contributed by atoms with Gasteiger partial charge in [-0.2, -0.15) is 0 Å². The lowest BCUT2D eigenvalue weighted by Gasteiger charge is -2.12. The number of anilines is 1. The lowest BCUT2D eigenvalue weighted by molar-refractivity contribution is -0.128. The summed E-state index contributed by atoms with van der Waals surface area (Å²) in [6.45, 7) is 2.71. The first kappa shape index (κ1) is 13.0. The first-order valence-electron chi connectivity index (χ1n) is 5.21. The lowest BCUT2D eigenvalue weighted by Crippen LogP contribution is -2.24. The summed E-state index contributed by atoms with van der Waals surface area (Å²) in [6, 6.07) is 6.07. The molecule has 0 saturated heterocycles. The zero-order chi connectivity index (χ0) is 12.1. The van der Waals surface area contributed by atoms with Crippen LogP contribution >= 0.6 is 15.9 Å². The molecule has 1 aromatic carbocycles. The second-order valence-corrected chi connectivity index (χ2v) is 4.84. The van der Waals surface area contributed by atoms with E-state index in [1.807, 2.05) is 25.1 Å². The minimum atomic E-state index is 0.139. The van der Waals surface area contributed by atoms with Gasteiger partial charge in [0.25, 0.3) is 0 Å². The monoisotopic (exact) mass is 284 g/mol. The van der Waals surface area contributed by atoms with Crippen LogP contribution in [0.3, 0.4) is 0 Å². The van der Waals surface area contributed by atoms with Gasteiger partial charge in [-0.15, -0.1) is 0 Å². The van der Waals surface area contributed by atoms with Crippen molar-refractivity contribution in [1.82, 2.24) is 4.90 Å². The molecule has 0 atom stereocenters. The maximum atomic E-state index is 11.4. The van der Waals surface area contributed by atoms with Crippen molar-refractivity contribution in [2.45, 2.75) is 13.3 Å². The number of hydrogen-bond donors (Lipinski definition) is 1. The predicted molar refractivity (Wildman–Crippen MR) is 70.7 cm³/mol. The summed E-state index contributed by atoms with van der Waals surface area (Å²) in [7, 11) is 3.54. The van der Waals surface area contributed by atoms with Crippen molar-refractivity contribution < 1.29 is 4.79 Å². The van der Waals surface area contributed by atoms with Crippen LogP contribution in [-0.4, -0.2) is 31.4 Å². The van der Waals surface area contributed by atoms with Crippen molar-refractivity contribution in [3.8, 4) is 0 Å². The summed E-state index contributed by atoms with van der Waals surface area (Å²) in [5.74, 6) is 0.139. The molecule has 0 unspecified atom stereocenters. The Labute approximate surface area is 105 Å². The Morgan fingerprint density at radius 1 is 1.44 bits per heavy atom. The fourth-order valence-corrected chi connectivity index (χ4v) is 1.67. The average molecular weight is 285 g/mol. The minimum Gasteiger partial charge on any atom is -0.384 e. The summed E-state index contributed by atoms with van der Waals surface area (Å²) in [4.78, 5) is 13.0. The molecule has 0 bridgehead atoms. The largest absolute Gasteiger partial charge is 0.384 e. The summed E-state index contributed by atoms with van der Waals surface area (Å²) < 4.78 is 1.04. The fraction of sp³-hybridized carbons (Fsp3) is 0.417. The second kappa shape index (κ2) is 5.89. The SMILES string of the molecule is Cc1ccc(Br)cc1NCCC(=O)N(C)C. The van der Waals surface area contributed by atoms with E-state index in [4.69, 9.17) is 0 Å². The molecular formula is C12H17BrN2O. The summed E-state index contributed by atoms with van der Waals surface area (Å²) >= 11 is 3.43. The van der Waals surface area contributed by atoms with Crippen molar-refractivity contribution in [2.75, 3.05) is 26.0 Å². The number of hydrogen-bond acceptors (Lipinski definition) is 2. The van der Waals surface area contributed by atoms with Crippen molar-refractivity contribution >= 4 is 27.5 Å². The molecule has 0 aliphatic carbocycles. The quantitative estimate of drug-likeness (QED) is 0.922. The topological polar surface area (TPSA) is 32.3 Å². The van der Waals surface area contributed by atoms with Crippen LogP contribution in [0.1, 0.15) is 12.0 Å². The maximum Gasteiger partial charge on any atom is 0.223 e. The molecule has 0 aromatic heterocycles. The number of aryl methyl sites for hydroxylation is 1. The second-order valence-electron chi connectivity index (χ2n) is 3.92. The van der Waals surface area contributed by atoms with Gasteiger partial charge in [-0.05, 0) is 24.6 Å². The molecule has 0 aliphatic rings. The highest BCUT2D eigenvalue weighted by molar-refractivity contribution is 9.10. The number of halogens is 1. The Hall–Kier alpha value is -1.03. The number of benzene rings is 1. The molecule has 1 N–H and O–H groups in total. The Morgan fingerprint density at radius 2 is 2.12 bits per heavy atom. The smallest absolute Gasteiger partial charge is 0.223 e. The summed E-state index contributed by atoms with van der Waals surface area (Å²) in [5, 5.41) is 3.26. The van der Waals surface area contributed by atoms with Crippen LogP contribution in [0.2, 0.25) is 0 Å². The van der Waals surface area contributed by atoms with Crippen molar-refractivity contribution in [2.24, 2.45) is 0 Å². The van der Waals surface area contributed by atoms with Gasteiger partial charge in [-0.25, -0.2) is 0 Å². The van der Waals surface area contributed by atoms with Crippen molar-refractivity contribution in [3.63, 3.8) is 0 Å². The molecule has 88 valence electrons. The molecule has 0 radical (unpaired) electrons. The van der Waals surface area contributed by atoms with Crippen LogP contribution in [0, 0.1) is 6.92 Å². The third kappa shape index (κ3) is 3.85. The Bertz CT molecular complexity index is 377.